The van der Waals surface area contributed by atoms with Crippen LogP contribution in [0.5, 0.6) is 11.5 Å². The van der Waals surface area contributed by atoms with Gasteiger partial charge in [-0.1, -0.05) is 6.07 Å². The average Bonchev–Trinajstić information content (AvgIpc) is 2.81. The molecule has 0 radical (unpaired) electrons. The van der Waals surface area contributed by atoms with E-state index in [1.165, 1.54) is 0 Å². The molecule has 0 aromatic heterocycles. The molecule has 0 aliphatic carbocycles. The molecule has 1 aliphatic rings. The van der Waals surface area contributed by atoms with Crippen molar-refractivity contribution in [3.8, 4) is 11.5 Å². The first kappa shape index (κ1) is 13.0. The van der Waals surface area contributed by atoms with Crippen molar-refractivity contribution in [3.63, 3.8) is 0 Å². The number of benzene rings is 1. The Morgan fingerprint density at radius 1 is 1.44 bits per heavy atom. The third-order valence-corrected chi connectivity index (χ3v) is 3.66. The van der Waals surface area contributed by atoms with Gasteiger partial charge in [-0.15, -0.1) is 0 Å². The predicted octanol–water partition coefficient (Wildman–Crippen LogP) is 1.45. The van der Waals surface area contributed by atoms with Crippen molar-refractivity contribution >= 4 is 17.7 Å². The lowest BCUT2D eigenvalue weighted by molar-refractivity contribution is -0.138. The van der Waals surface area contributed by atoms with Gasteiger partial charge in [0.15, 0.2) is 11.5 Å². The van der Waals surface area contributed by atoms with Crippen LogP contribution in [0, 0.1) is 0 Å². The minimum absolute atomic E-state index is 0.277. The quantitative estimate of drug-likeness (QED) is 0.761. The van der Waals surface area contributed by atoms with Crippen molar-refractivity contribution in [2.75, 3.05) is 12.5 Å². The van der Waals surface area contributed by atoms with E-state index in [0.29, 0.717) is 6.42 Å². The number of hydrogen-bond acceptors (Lipinski definition) is 5. The lowest BCUT2D eigenvalue weighted by Gasteiger charge is -2.06. The van der Waals surface area contributed by atoms with Gasteiger partial charge in [0.1, 0.15) is 6.04 Å². The van der Waals surface area contributed by atoms with Gasteiger partial charge in [0, 0.05) is 5.75 Å². The van der Waals surface area contributed by atoms with Crippen LogP contribution >= 0.6 is 11.8 Å². The van der Waals surface area contributed by atoms with Crippen LogP contribution in [0.25, 0.3) is 0 Å². The second kappa shape index (κ2) is 5.97. The molecule has 6 heteroatoms. The summed E-state index contributed by atoms with van der Waals surface area (Å²) in [5.41, 5.74) is 6.55. The van der Waals surface area contributed by atoms with Crippen molar-refractivity contribution in [2.45, 2.75) is 18.2 Å². The number of hydrogen-bond donors (Lipinski definition) is 2. The molecule has 0 saturated heterocycles. The van der Waals surface area contributed by atoms with E-state index >= 15 is 0 Å². The Bertz CT molecular complexity index is 438. The molecule has 0 saturated carbocycles. The van der Waals surface area contributed by atoms with E-state index in [9.17, 15) is 4.79 Å². The molecule has 5 nitrogen and oxygen atoms in total. The Hall–Kier alpha value is -1.40. The fourth-order valence-electron chi connectivity index (χ4n) is 1.55. The predicted molar refractivity (Wildman–Crippen MR) is 69.0 cm³/mol. The first-order valence-electron chi connectivity index (χ1n) is 5.61. The third-order valence-electron chi connectivity index (χ3n) is 2.60. The first-order chi connectivity index (χ1) is 8.66. The van der Waals surface area contributed by atoms with Gasteiger partial charge in [-0.25, -0.2) is 0 Å². The maximum atomic E-state index is 10.5. The molecule has 18 heavy (non-hydrogen) atoms. The first-order valence-corrected chi connectivity index (χ1v) is 6.77. The van der Waals surface area contributed by atoms with Crippen LogP contribution in [0.1, 0.15) is 12.0 Å². The van der Waals surface area contributed by atoms with E-state index in [4.69, 9.17) is 20.3 Å². The van der Waals surface area contributed by atoms with Gasteiger partial charge in [0.2, 0.25) is 6.79 Å². The fourth-order valence-corrected chi connectivity index (χ4v) is 2.53. The van der Waals surface area contributed by atoms with Crippen LogP contribution in [0.3, 0.4) is 0 Å². The van der Waals surface area contributed by atoms with E-state index in [0.717, 1.165) is 28.6 Å². The summed E-state index contributed by atoms with van der Waals surface area (Å²) in [5.74, 6) is 2.14. The zero-order valence-electron chi connectivity index (χ0n) is 9.80. The third kappa shape index (κ3) is 3.30. The van der Waals surface area contributed by atoms with Crippen molar-refractivity contribution in [2.24, 2.45) is 5.73 Å². The number of carboxylic acids is 1. The van der Waals surface area contributed by atoms with Gasteiger partial charge < -0.3 is 20.3 Å². The Morgan fingerprint density at radius 2 is 2.22 bits per heavy atom. The highest BCUT2D eigenvalue weighted by atomic mass is 32.2. The Balaban J connectivity index is 1.75. The molecule has 1 unspecified atom stereocenters. The SMILES string of the molecule is NC(CCSCc1ccc2c(c1)OCO2)C(=O)O. The van der Waals surface area contributed by atoms with Crippen LogP contribution < -0.4 is 15.2 Å². The summed E-state index contributed by atoms with van der Waals surface area (Å²) in [4.78, 5) is 10.5. The largest absolute Gasteiger partial charge is 0.480 e. The number of nitrogens with two attached hydrogens (primary N) is 1. The normalized spacial score (nSPS) is 14.5. The fraction of sp³-hybridized carbons (Fsp3) is 0.417. The van der Waals surface area contributed by atoms with Crippen LogP contribution in [0.2, 0.25) is 0 Å². The minimum atomic E-state index is -0.946. The number of carboxylic acid groups (broad SMARTS) is 1. The Labute approximate surface area is 109 Å². The molecule has 1 atom stereocenters. The molecule has 0 bridgehead atoms. The molecule has 3 N–H and O–H groups in total. The molecule has 2 rings (SSSR count). The lowest BCUT2D eigenvalue weighted by Crippen LogP contribution is -2.30. The van der Waals surface area contributed by atoms with E-state index < -0.39 is 12.0 Å². The summed E-state index contributed by atoms with van der Waals surface area (Å²) in [6, 6.07) is 5.06. The topological polar surface area (TPSA) is 81.8 Å². The van der Waals surface area contributed by atoms with Gasteiger partial charge in [0.25, 0.3) is 0 Å². The van der Waals surface area contributed by atoms with E-state index in [-0.39, 0.29) is 6.79 Å². The number of carbonyl (C=O) groups is 1. The lowest BCUT2D eigenvalue weighted by atomic mass is 10.2. The standard InChI is InChI=1S/C12H15NO4S/c13-9(12(14)15)3-4-18-6-8-1-2-10-11(5-8)17-7-16-10/h1-2,5,9H,3-4,6-7,13H2,(H,14,15). The summed E-state index contributed by atoms with van der Waals surface area (Å²) in [6.45, 7) is 0.277. The number of thioether (sulfide) groups is 1. The molecule has 1 aromatic carbocycles. The van der Waals surface area contributed by atoms with Gasteiger partial charge in [-0.2, -0.15) is 11.8 Å². The van der Waals surface area contributed by atoms with Crippen molar-refractivity contribution in [3.05, 3.63) is 23.8 Å². The van der Waals surface area contributed by atoms with Gasteiger partial charge in [-0.3, -0.25) is 4.79 Å². The van der Waals surface area contributed by atoms with Crippen molar-refractivity contribution < 1.29 is 19.4 Å². The zero-order valence-corrected chi connectivity index (χ0v) is 10.6. The monoisotopic (exact) mass is 269 g/mol. The smallest absolute Gasteiger partial charge is 0.320 e. The van der Waals surface area contributed by atoms with E-state index in [2.05, 4.69) is 0 Å². The van der Waals surface area contributed by atoms with Gasteiger partial charge >= 0.3 is 5.97 Å². The van der Waals surface area contributed by atoms with E-state index in [1.807, 2.05) is 18.2 Å². The number of ether oxygens (including phenoxy) is 2. The Kier molecular flexibility index (Phi) is 4.33. The van der Waals surface area contributed by atoms with Crippen molar-refractivity contribution in [1.82, 2.24) is 0 Å². The highest BCUT2D eigenvalue weighted by Crippen LogP contribution is 2.33. The second-order valence-electron chi connectivity index (χ2n) is 3.97. The summed E-state index contributed by atoms with van der Waals surface area (Å²) in [6.07, 6.45) is 0.477. The van der Waals surface area contributed by atoms with E-state index in [1.54, 1.807) is 11.8 Å². The molecule has 1 heterocycles. The number of rotatable bonds is 6. The van der Waals surface area contributed by atoms with Crippen LogP contribution in [0.4, 0.5) is 0 Å². The van der Waals surface area contributed by atoms with Crippen molar-refractivity contribution in [1.29, 1.82) is 0 Å². The van der Waals surface area contributed by atoms with Gasteiger partial charge in [-0.05, 0) is 29.9 Å². The molecular weight excluding hydrogens is 254 g/mol. The summed E-state index contributed by atoms with van der Waals surface area (Å²) >= 11 is 1.66. The molecule has 0 spiro atoms. The van der Waals surface area contributed by atoms with Crippen LogP contribution in [-0.4, -0.2) is 29.7 Å². The molecule has 0 fully saturated rings. The summed E-state index contributed by atoms with van der Waals surface area (Å²) in [7, 11) is 0. The number of aliphatic carboxylic acids is 1. The van der Waals surface area contributed by atoms with Gasteiger partial charge in [0.05, 0.1) is 0 Å². The second-order valence-corrected chi connectivity index (χ2v) is 5.08. The molecule has 98 valence electrons. The molecule has 1 aliphatic heterocycles. The summed E-state index contributed by atoms with van der Waals surface area (Å²) in [5, 5.41) is 8.64. The van der Waals surface area contributed by atoms with Crippen LogP contribution in [-0.2, 0) is 10.5 Å². The minimum Gasteiger partial charge on any atom is -0.480 e. The Morgan fingerprint density at radius 3 is 3.00 bits per heavy atom. The highest BCUT2D eigenvalue weighted by molar-refractivity contribution is 7.98. The van der Waals surface area contributed by atoms with Crippen LogP contribution in [0.15, 0.2) is 18.2 Å². The average molecular weight is 269 g/mol. The summed E-state index contributed by atoms with van der Waals surface area (Å²) < 4.78 is 10.5. The number of fused-ring (bicyclic) bond motifs is 1. The molecule has 0 amide bonds. The maximum absolute atomic E-state index is 10.5. The molecular formula is C12H15NO4S. The molecule has 1 aromatic rings. The highest BCUT2D eigenvalue weighted by Gasteiger charge is 2.13. The zero-order chi connectivity index (χ0) is 13.0. The maximum Gasteiger partial charge on any atom is 0.320 e.